The maximum atomic E-state index is 9.98. The van der Waals surface area contributed by atoms with Gasteiger partial charge >= 0.3 is 0 Å². The molecule has 0 spiro atoms. The number of H-pyrrole nitrogens is 1. The summed E-state index contributed by atoms with van der Waals surface area (Å²) >= 11 is 5.16. The molecule has 0 aromatic carbocycles. The van der Waals surface area contributed by atoms with Crippen LogP contribution in [0.3, 0.4) is 0 Å². The molecule has 0 atom stereocenters. The summed E-state index contributed by atoms with van der Waals surface area (Å²) in [7, 11) is 1.81. The highest BCUT2D eigenvalue weighted by atomic mass is 32.1. The number of hydrogen-bond donors (Lipinski definition) is 1. The third-order valence-corrected chi connectivity index (χ3v) is 4.23. The molecule has 3 aromatic heterocycles. The van der Waals surface area contributed by atoms with Crippen LogP contribution in [0.5, 0.6) is 0 Å². The Labute approximate surface area is 162 Å². The van der Waals surface area contributed by atoms with Crippen LogP contribution < -0.4 is 0 Å². The van der Waals surface area contributed by atoms with Gasteiger partial charge in [-0.15, -0.1) is 0 Å². The van der Waals surface area contributed by atoms with E-state index >= 15 is 0 Å². The fraction of sp³-hybridized carbons (Fsp3) is 0.211. The Balaban J connectivity index is 2.29. The zero-order valence-electron chi connectivity index (χ0n) is 15.4. The van der Waals surface area contributed by atoms with Gasteiger partial charge in [0.1, 0.15) is 17.3 Å². The Morgan fingerprint density at radius 3 is 2.67 bits per heavy atom. The lowest BCUT2D eigenvalue weighted by Gasteiger charge is -2.13. The lowest BCUT2D eigenvalue weighted by atomic mass is 10.0. The zero-order valence-corrected chi connectivity index (χ0v) is 16.3. The summed E-state index contributed by atoms with van der Waals surface area (Å²) in [4.78, 5) is 4.34. The highest BCUT2D eigenvalue weighted by Gasteiger charge is 2.24. The number of ether oxygens (including phenoxy) is 1. The van der Waals surface area contributed by atoms with E-state index in [1.165, 1.54) is 0 Å². The molecule has 7 nitrogen and oxygen atoms in total. The number of thiocarbonyl (C=S) groups is 1. The lowest BCUT2D eigenvalue weighted by Crippen LogP contribution is -2.06. The average molecular weight is 378 g/mol. The molecule has 3 heterocycles. The quantitative estimate of drug-likeness (QED) is 0.424. The van der Waals surface area contributed by atoms with Crippen molar-refractivity contribution < 1.29 is 4.74 Å². The molecule has 0 aliphatic carbocycles. The Hall–Kier alpha value is -3.31. The van der Waals surface area contributed by atoms with Gasteiger partial charge in [0.2, 0.25) is 0 Å². The van der Waals surface area contributed by atoms with Gasteiger partial charge in [-0.3, -0.25) is 14.8 Å². The van der Waals surface area contributed by atoms with E-state index in [1.807, 2.05) is 32.0 Å². The zero-order chi connectivity index (χ0) is 19.6. The summed E-state index contributed by atoms with van der Waals surface area (Å²) in [6.07, 6.45) is 3.27. The van der Waals surface area contributed by atoms with E-state index in [9.17, 15) is 5.26 Å². The molecule has 1 N–H and O–H groups in total. The van der Waals surface area contributed by atoms with Gasteiger partial charge in [0.05, 0.1) is 23.3 Å². The summed E-state index contributed by atoms with van der Waals surface area (Å²) < 4.78 is 7.54. The molecule has 8 heteroatoms. The Morgan fingerprint density at radius 1 is 1.33 bits per heavy atom. The molecule has 0 saturated heterocycles. The molecule has 136 valence electrons. The van der Waals surface area contributed by atoms with Crippen molar-refractivity contribution in [3.8, 4) is 17.5 Å². The van der Waals surface area contributed by atoms with Crippen LogP contribution in [-0.4, -0.2) is 30.0 Å². The minimum atomic E-state index is 0.305. The normalized spacial score (nSPS) is 11.7. The summed E-state index contributed by atoms with van der Waals surface area (Å²) in [6, 6.07) is 7.79. The number of aromatic nitrogens is 5. The van der Waals surface area contributed by atoms with Gasteiger partial charge in [0, 0.05) is 31.3 Å². The van der Waals surface area contributed by atoms with Gasteiger partial charge in [-0.25, -0.2) is 0 Å². The summed E-state index contributed by atoms with van der Waals surface area (Å²) in [5, 5.41) is 21.7. The average Bonchev–Trinajstić information content (AvgIpc) is 3.20. The molecule has 0 aliphatic heterocycles. The topological polar surface area (TPSA) is 92.4 Å². The minimum Gasteiger partial charge on any atom is -0.447 e. The number of rotatable bonds is 4. The monoisotopic (exact) mass is 378 g/mol. The number of hydrogen-bond acceptors (Lipinski definition) is 6. The smallest absolute Gasteiger partial charge is 0.172 e. The van der Waals surface area contributed by atoms with E-state index in [0.29, 0.717) is 39.0 Å². The molecular weight excluding hydrogens is 360 g/mol. The Bertz CT molecular complexity index is 1070. The van der Waals surface area contributed by atoms with Gasteiger partial charge in [-0.1, -0.05) is 6.07 Å². The number of aryl methyl sites for hydroxylation is 2. The van der Waals surface area contributed by atoms with Crippen molar-refractivity contribution in [2.24, 2.45) is 7.05 Å². The standard InChI is InChI=1S/C19H18N6OS/c1-11-12(2)24-25(4)18(11)19(26-13(3)27)14(9-20)15-10-22-23-17(15)16-7-5-6-8-21-16/h5-8,10H,1-4H3,(H,22,23). The largest absolute Gasteiger partial charge is 0.447 e. The second-order valence-electron chi connectivity index (χ2n) is 5.97. The Kier molecular flexibility index (Phi) is 5.14. The summed E-state index contributed by atoms with van der Waals surface area (Å²) in [6.45, 7) is 5.51. The van der Waals surface area contributed by atoms with Crippen LogP contribution in [0.4, 0.5) is 0 Å². The second-order valence-corrected chi connectivity index (χ2v) is 6.54. The molecule has 3 aromatic rings. The van der Waals surface area contributed by atoms with Crippen LogP contribution in [0.15, 0.2) is 30.6 Å². The van der Waals surface area contributed by atoms with Crippen molar-refractivity contribution in [2.45, 2.75) is 20.8 Å². The van der Waals surface area contributed by atoms with Gasteiger partial charge in [0.25, 0.3) is 0 Å². The van der Waals surface area contributed by atoms with Gasteiger partial charge < -0.3 is 4.74 Å². The van der Waals surface area contributed by atoms with Crippen LogP contribution in [0.2, 0.25) is 0 Å². The molecule has 0 amide bonds. The number of nitrogens with zero attached hydrogens (tertiary/aromatic N) is 5. The van der Waals surface area contributed by atoms with Crippen LogP contribution in [0.25, 0.3) is 22.7 Å². The maximum Gasteiger partial charge on any atom is 0.172 e. The van der Waals surface area contributed by atoms with E-state index in [2.05, 4.69) is 26.3 Å². The van der Waals surface area contributed by atoms with Crippen LogP contribution >= 0.6 is 12.2 Å². The molecule has 27 heavy (non-hydrogen) atoms. The molecule has 0 saturated carbocycles. The van der Waals surface area contributed by atoms with E-state index in [-0.39, 0.29) is 0 Å². The molecule has 0 bridgehead atoms. The number of allylic oxidation sites excluding steroid dienone is 1. The van der Waals surface area contributed by atoms with Crippen molar-refractivity contribution in [1.82, 2.24) is 25.0 Å². The first kappa shape index (κ1) is 18.5. The number of nitriles is 1. The van der Waals surface area contributed by atoms with Crippen molar-refractivity contribution in [2.75, 3.05) is 0 Å². The first-order valence-corrected chi connectivity index (χ1v) is 8.63. The first-order valence-electron chi connectivity index (χ1n) is 8.22. The van der Waals surface area contributed by atoms with E-state index < -0.39 is 0 Å². The fourth-order valence-corrected chi connectivity index (χ4v) is 2.94. The van der Waals surface area contributed by atoms with Crippen LogP contribution in [0.1, 0.15) is 29.4 Å². The van der Waals surface area contributed by atoms with Gasteiger partial charge in [-0.05, 0) is 38.2 Å². The van der Waals surface area contributed by atoms with E-state index in [1.54, 1.807) is 31.0 Å². The maximum absolute atomic E-state index is 9.98. The molecule has 0 aliphatic rings. The highest BCUT2D eigenvalue weighted by molar-refractivity contribution is 7.80. The van der Waals surface area contributed by atoms with Gasteiger partial charge in [-0.2, -0.15) is 15.5 Å². The third kappa shape index (κ3) is 3.50. The fourth-order valence-electron chi connectivity index (χ4n) is 2.86. The van der Waals surface area contributed by atoms with Crippen molar-refractivity contribution in [3.63, 3.8) is 0 Å². The number of pyridine rings is 1. The van der Waals surface area contributed by atoms with Crippen LogP contribution in [0, 0.1) is 25.2 Å². The Morgan fingerprint density at radius 2 is 2.11 bits per heavy atom. The molecular formula is C19H18N6OS. The third-order valence-electron chi connectivity index (χ3n) is 4.15. The highest BCUT2D eigenvalue weighted by Crippen LogP contribution is 2.33. The van der Waals surface area contributed by atoms with Crippen molar-refractivity contribution in [1.29, 1.82) is 5.26 Å². The van der Waals surface area contributed by atoms with E-state index in [4.69, 9.17) is 17.0 Å². The SMILES string of the molecule is CC(=S)OC(=C(C#N)c1cn[nH]c1-c1ccccn1)c1c(C)c(C)nn1C. The molecule has 0 fully saturated rings. The minimum absolute atomic E-state index is 0.305. The van der Waals surface area contributed by atoms with Crippen molar-refractivity contribution in [3.05, 3.63) is 53.1 Å². The number of nitrogens with one attached hydrogen (secondary N) is 1. The predicted molar refractivity (Wildman–Crippen MR) is 106 cm³/mol. The van der Waals surface area contributed by atoms with E-state index in [0.717, 1.165) is 11.3 Å². The molecule has 3 rings (SSSR count). The first-order chi connectivity index (χ1) is 12.9. The van der Waals surface area contributed by atoms with Gasteiger partial charge in [0.15, 0.2) is 10.8 Å². The second kappa shape index (κ2) is 7.51. The summed E-state index contributed by atoms with van der Waals surface area (Å²) in [5.74, 6) is 0.351. The number of aromatic amines is 1. The summed E-state index contributed by atoms with van der Waals surface area (Å²) in [5.41, 5.74) is 4.66. The molecule has 0 radical (unpaired) electrons. The lowest BCUT2D eigenvalue weighted by molar-refractivity contribution is 0.508. The predicted octanol–water partition coefficient (Wildman–Crippen LogP) is 3.58. The molecule has 0 unspecified atom stereocenters. The van der Waals surface area contributed by atoms with Crippen molar-refractivity contribution >= 4 is 28.6 Å². The van der Waals surface area contributed by atoms with Crippen LogP contribution in [-0.2, 0) is 11.8 Å².